The average Bonchev–Trinajstić information content (AvgIpc) is 2.76. The highest BCUT2D eigenvalue weighted by Gasteiger charge is 2.07. The van der Waals surface area contributed by atoms with E-state index in [0.29, 0.717) is 12.3 Å². The van der Waals surface area contributed by atoms with E-state index in [9.17, 15) is 9.59 Å². The van der Waals surface area contributed by atoms with E-state index < -0.39 is 0 Å². The van der Waals surface area contributed by atoms with Crippen LogP contribution in [0.4, 0.5) is 0 Å². The topological polar surface area (TPSA) is 34.1 Å². The summed E-state index contributed by atoms with van der Waals surface area (Å²) in [5.41, 5.74) is 4.12. The fraction of sp³-hybridized carbons (Fsp3) is 0.259. The van der Waals surface area contributed by atoms with Crippen LogP contribution in [0.25, 0.3) is 11.1 Å². The van der Waals surface area contributed by atoms with Crippen molar-refractivity contribution in [3.05, 3.63) is 96.1 Å². The summed E-state index contributed by atoms with van der Waals surface area (Å²) in [4.78, 5) is 22.3. The summed E-state index contributed by atoms with van der Waals surface area (Å²) >= 11 is 0. The zero-order valence-electron chi connectivity index (χ0n) is 18.2. The zero-order chi connectivity index (χ0) is 21.6. The summed E-state index contributed by atoms with van der Waals surface area (Å²) in [6.07, 6.45) is 0.643. The van der Waals surface area contributed by atoms with Crippen molar-refractivity contribution >= 4 is 11.6 Å². The Labute approximate surface area is 175 Å². The maximum Gasteiger partial charge on any atom is 0.160 e. The van der Waals surface area contributed by atoms with Crippen LogP contribution in [-0.2, 0) is 4.79 Å². The molecule has 0 saturated heterocycles. The quantitative estimate of drug-likeness (QED) is 0.428. The fourth-order valence-electron chi connectivity index (χ4n) is 2.99. The molecule has 152 valence electrons. The van der Waals surface area contributed by atoms with Gasteiger partial charge in [0.25, 0.3) is 0 Å². The number of hydrogen-bond acceptors (Lipinski definition) is 2. The second-order valence-electron chi connectivity index (χ2n) is 6.69. The van der Waals surface area contributed by atoms with Crippen LogP contribution < -0.4 is 0 Å². The predicted octanol–water partition coefficient (Wildman–Crippen LogP) is 7.35. The van der Waals surface area contributed by atoms with Gasteiger partial charge in [-0.15, -0.1) is 0 Å². The molecule has 0 amide bonds. The van der Waals surface area contributed by atoms with Crippen molar-refractivity contribution in [1.29, 1.82) is 0 Å². The average molecular weight is 389 g/mol. The van der Waals surface area contributed by atoms with Gasteiger partial charge in [-0.2, -0.15) is 0 Å². The van der Waals surface area contributed by atoms with Crippen molar-refractivity contribution < 1.29 is 9.59 Å². The Morgan fingerprint density at radius 2 is 1.21 bits per heavy atom. The SMILES string of the molecule is CC.CC(=O)CC(C)c1ccccc1.CC(=O)c1ccccc1-c1ccccc1. The molecule has 0 fully saturated rings. The van der Waals surface area contributed by atoms with Gasteiger partial charge in [0.1, 0.15) is 5.78 Å². The molecule has 0 aliphatic heterocycles. The van der Waals surface area contributed by atoms with E-state index in [-0.39, 0.29) is 11.6 Å². The third-order valence-electron chi connectivity index (χ3n) is 4.35. The first-order valence-corrected chi connectivity index (χ1v) is 10.2. The largest absolute Gasteiger partial charge is 0.300 e. The van der Waals surface area contributed by atoms with E-state index in [2.05, 4.69) is 19.1 Å². The highest BCUT2D eigenvalue weighted by atomic mass is 16.1. The van der Waals surface area contributed by atoms with Crippen LogP contribution in [0.15, 0.2) is 84.9 Å². The van der Waals surface area contributed by atoms with Crippen molar-refractivity contribution in [3.63, 3.8) is 0 Å². The third kappa shape index (κ3) is 8.27. The predicted molar refractivity (Wildman–Crippen MR) is 123 cm³/mol. The summed E-state index contributed by atoms with van der Waals surface area (Å²) in [6.45, 7) is 9.32. The molecule has 1 atom stereocenters. The van der Waals surface area contributed by atoms with Gasteiger partial charge in [0.15, 0.2) is 5.78 Å². The lowest BCUT2D eigenvalue weighted by Gasteiger charge is -2.08. The van der Waals surface area contributed by atoms with Gasteiger partial charge in [0.05, 0.1) is 0 Å². The van der Waals surface area contributed by atoms with Crippen LogP contribution in [0.2, 0.25) is 0 Å². The number of Topliss-reactive ketones (excluding diaryl/α,β-unsaturated/α-hetero) is 2. The van der Waals surface area contributed by atoms with Crippen LogP contribution in [0.3, 0.4) is 0 Å². The molecule has 3 aromatic carbocycles. The second-order valence-corrected chi connectivity index (χ2v) is 6.69. The second kappa shape index (κ2) is 13.2. The Morgan fingerprint density at radius 1 is 0.724 bits per heavy atom. The van der Waals surface area contributed by atoms with Gasteiger partial charge >= 0.3 is 0 Å². The van der Waals surface area contributed by atoms with Gasteiger partial charge in [-0.1, -0.05) is 106 Å². The molecule has 0 bridgehead atoms. The van der Waals surface area contributed by atoms with Gasteiger partial charge in [0, 0.05) is 12.0 Å². The Morgan fingerprint density at radius 3 is 1.72 bits per heavy atom. The molecule has 29 heavy (non-hydrogen) atoms. The fourth-order valence-corrected chi connectivity index (χ4v) is 2.99. The van der Waals surface area contributed by atoms with Crippen molar-refractivity contribution in [2.45, 2.75) is 47.0 Å². The minimum atomic E-state index is 0.106. The monoisotopic (exact) mass is 388 g/mol. The molecule has 2 heteroatoms. The van der Waals surface area contributed by atoms with E-state index in [0.717, 1.165) is 16.7 Å². The van der Waals surface area contributed by atoms with Crippen LogP contribution in [0.1, 0.15) is 62.9 Å². The third-order valence-corrected chi connectivity index (χ3v) is 4.35. The molecular formula is C27H32O2. The molecule has 0 spiro atoms. The minimum absolute atomic E-state index is 0.106. The molecule has 0 aromatic heterocycles. The van der Waals surface area contributed by atoms with E-state index in [1.165, 1.54) is 5.56 Å². The number of hydrogen-bond donors (Lipinski definition) is 0. The maximum absolute atomic E-state index is 11.4. The summed E-state index contributed by atoms with van der Waals surface area (Å²) in [6, 6.07) is 27.8. The summed E-state index contributed by atoms with van der Waals surface area (Å²) in [5, 5.41) is 0. The molecule has 0 aliphatic carbocycles. The minimum Gasteiger partial charge on any atom is -0.300 e. The van der Waals surface area contributed by atoms with Gasteiger partial charge < -0.3 is 4.79 Å². The first kappa shape index (κ1) is 24.0. The Balaban J connectivity index is 0.000000273. The van der Waals surface area contributed by atoms with E-state index in [1.807, 2.05) is 86.6 Å². The standard InChI is InChI=1S/C14H12O.C11H14O.C2H6/c1-11(15)13-9-5-6-10-14(13)12-7-3-2-4-8-12;1-9(8-10(2)12)11-6-4-3-5-7-11;1-2/h2-10H,1H3;3-7,9H,8H2,1-2H3;1-2H3. The van der Waals surface area contributed by atoms with Crippen LogP contribution in [-0.4, -0.2) is 11.6 Å². The van der Waals surface area contributed by atoms with Crippen molar-refractivity contribution in [2.24, 2.45) is 0 Å². The van der Waals surface area contributed by atoms with Gasteiger partial charge in [-0.05, 0) is 36.5 Å². The molecule has 0 heterocycles. The highest BCUT2D eigenvalue weighted by molar-refractivity contribution is 6.00. The van der Waals surface area contributed by atoms with Crippen molar-refractivity contribution in [2.75, 3.05) is 0 Å². The molecule has 3 rings (SSSR count). The lowest BCUT2D eigenvalue weighted by atomic mass is 9.96. The molecule has 0 saturated carbocycles. The van der Waals surface area contributed by atoms with E-state index in [1.54, 1.807) is 13.8 Å². The molecule has 0 N–H and O–H groups in total. The lowest BCUT2D eigenvalue weighted by Crippen LogP contribution is -1.99. The Hall–Kier alpha value is -3.00. The summed E-state index contributed by atoms with van der Waals surface area (Å²) in [5.74, 6) is 0.713. The van der Waals surface area contributed by atoms with Gasteiger partial charge in [0.2, 0.25) is 0 Å². The van der Waals surface area contributed by atoms with E-state index in [4.69, 9.17) is 0 Å². The van der Waals surface area contributed by atoms with E-state index >= 15 is 0 Å². The maximum atomic E-state index is 11.4. The molecule has 1 unspecified atom stereocenters. The zero-order valence-corrected chi connectivity index (χ0v) is 18.2. The Kier molecular flexibility index (Phi) is 11.0. The van der Waals surface area contributed by atoms with Gasteiger partial charge in [-0.3, -0.25) is 4.79 Å². The van der Waals surface area contributed by atoms with Crippen LogP contribution >= 0.6 is 0 Å². The van der Waals surface area contributed by atoms with Crippen molar-refractivity contribution in [1.82, 2.24) is 0 Å². The summed E-state index contributed by atoms with van der Waals surface area (Å²) < 4.78 is 0. The number of carbonyl (C=O) groups is 2. The Bertz CT molecular complexity index is 867. The molecule has 2 nitrogen and oxygen atoms in total. The first-order chi connectivity index (χ1) is 14.0. The van der Waals surface area contributed by atoms with Crippen molar-refractivity contribution in [3.8, 4) is 11.1 Å². The van der Waals surface area contributed by atoms with Gasteiger partial charge in [-0.25, -0.2) is 0 Å². The number of ketones is 2. The molecule has 0 aliphatic rings. The number of carbonyl (C=O) groups excluding carboxylic acids is 2. The number of benzene rings is 3. The smallest absolute Gasteiger partial charge is 0.160 e. The molecule has 0 radical (unpaired) electrons. The van der Waals surface area contributed by atoms with Crippen LogP contribution in [0, 0.1) is 0 Å². The lowest BCUT2D eigenvalue weighted by molar-refractivity contribution is -0.117. The molecule has 3 aromatic rings. The molecular weight excluding hydrogens is 356 g/mol. The van der Waals surface area contributed by atoms with Crippen LogP contribution in [0.5, 0.6) is 0 Å². The number of rotatable bonds is 5. The highest BCUT2D eigenvalue weighted by Crippen LogP contribution is 2.23. The normalized spacial score (nSPS) is 10.5. The summed E-state index contributed by atoms with van der Waals surface area (Å²) in [7, 11) is 0. The first-order valence-electron chi connectivity index (χ1n) is 10.2.